The van der Waals surface area contributed by atoms with Crippen molar-refractivity contribution in [1.29, 1.82) is 0 Å². The third-order valence-electron chi connectivity index (χ3n) is 3.19. The number of hydrogen-bond donors (Lipinski definition) is 0. The van der Waals surface area contributed by atoms with Crippen LogP contribution in [0.3, 0.4) is 0 Å². The lowest BCUT2D eigenvalue weighted by Crippen LogP contribution is -2.50. The second-order valence-corrected chi connectivity index (χ2v) is 6.80. The molecule has 0 radical (unpaired) electrons. The van der Waals surface area contributed by atoms with Crippen molar-refractivity contribution in [3.8, 4) is 0 Å². The topological polar surface area (TPSA) is 0 Å². The third kappa shape index (κ3) is 1.87. The molecular weight excluding hydrogens is 215 g/mol. The summed E-state index contributed by atoms with van der Waals surface area (Å²) in [4.78, 5) is -0.695. The molecule has 0 saturated heterocycles. The summed E-state index contributed by atoms with van der Waals surface area (Å²) in [5.41, 5.74) is -0.183. The Labute approximate surface area is 97.0 Å². The summed E-state index contributed by atoms with van der Waals surface area (Å²) < 4.78 is 0. The van der Waals surface area contributed by atoms with Crippen LogP contribution in [0.1, 0.15) is 34.1 Å². The molecule has 0 fully saturated rings. The average Bonchev–Trinajstić information content (AvgIpc) is 2.02. The van der Waals surface area contributed by atoms with Gasteiger partial charge in [-0.25, -0.2) is 0 Å². The van der Waals surface area contributed by atoms with Gasteiger partial charge in [-0.3, -0.25) is 0 Å². The van der Waals surface area contributed by atoms with Crippen molar-refractivity contribution in [3.05, 3.63) is 24.3 Å². The van der Waals surface area contributed by atoms with E-state index in [0.29, 0.717) is 0 Å². The van der Waals surface area contributed by atoms with Crippen LogP contribution in [0, 0.1) is 5.41 Å². The van der Waals surface area contributed by atoms with Crippen LogP contribution >= 0.6 is 23.2 Å². The van der Waals surface area contributed by atoms with Gasteiger partial charge in [-0.05, 0) is 34.1 Å². The van der Waals surface area contributed by atoms with Crippen LogP contribution in [-0.2, 0) is 0 Å². The van der Waals surface area contributed by atoms with Gasteiger partial charge in [0.15, 0.2) is 0 Å². The lowest BCUT2D eigenvalue weighted by Gasteiger charge is -2.49. The van der Waals surface area contributed by atoms with Gasteiger partial charge in [0.25, 0.3) is 0 Å². The molecule has 0 aromatic rings. The van der Waals surface area contributed by atoms with E-state index in [1.807, 2.05) is 39.8 Å². The largest absolute Gasteiger partial charge is 0.119 e. The van der Waals surface area contributed by atoms with E-state index in [1.54, 1.807) is 0 Å². The first kappa shape index (κ1) is 12.1. The SMILES string of the molecule is CC(C)(Cl)C1(C(C)(C)Cl)C=CC=CC1. The Balaban J connectivity index is 3.18. The summed E-state index contributed by atoms with van der Waals surface area (Å²) in [5, 5.41) is 0. The van der Waals surface area contributed by atoms with Gasteiger partial charge < -0.3 is 0 Å². The quantitative estimate of drug-likeness (QED) is 0.615. The lowest BCUT2D eigenvalue weighted by molar-refractivity contribution is 0.224. The summed E-state index contributed by atoms with van der Waals surface area (Å²) in [6, 6.07) is 0. The molecule has 0 spiro atoms. The molecule has 1 rings (SSSR count). The lowest BCUT2D eigenvalue weighted by atomic mass is 9.64. The Hall–Kier alpha value is 0.0600. The van der Waals surface area contributed by atoms with Gasteiger partial charge in [-0.1, -0.05) is 24.3 Å². The van der Waals surface area contributed by atoms with Crippen molar-refractivity contribution in [2.45, 2.75) is 43.9 Å². The Bertz CT molecular complexity index is 247. The molecule has 14 heavy (non-hydrogen) atoms. The molecule has 0 nitrogen and oxygen atoms in total. The molecule has 80 valence electrons. The maximum absolute atomic E-state index is 6.48. The molecule has 0 saturated carbocycles. The minimum atomic E-state index is -0.348. The zero-order chi connectivity index (χ0) is 11.0. The van der Waals surface area contributed by atoms with E-state index in [4.69, 9.17) is 23.2 Å². The molecule has 0 N–H and O–H groups in total. The van der Waals surface area contributed by atoms with E-state index in [1.165, 1.54) is 0 Å². The van der Waals surface area contributed by atoms with Crippen molar-refractivity contribution >= 4 is 23.2 Å². The van der Waals surface area contributed by atoms with Gasteiger partial charge in [0.2, 0.25) is 0 Å². The molecule has 0 unspecified atom stereocenters. The summed E-state index contributed by atoms with van der Waals surface area (Å²) in [5.74, 6) is 0. The van der Waals surface area contributed by atoms with Crippen molar-refractivity contribution in [3.63, 3.8) is 0 Å². The first-order valence-electron chi connectivity index (χ1n) is 4.93. The highest BCUT2D eigenvalue weighted by Crippen LogP contribution is 2.53. The van der Waals surface area contributed by atoms with Crippen LogP contribution in [0.15, 0.2) is 24.3 Å². The van der Waals surface area contributed by atoms with E-state index >= 15 is 0 Å². The Morgan fingerprint density at radius 1 is 1.00 bits per heavy atom. The van der Waals surface area contributed by atoms with E-state index in [9.17, 15) is 0 Å². The molecule has 1 aliphatic carbocycles. The highest BCUT2D eigenvalue weighted by atomic mass is 35.5. The molecule has 0 aromatic heterocycles. The Morgan fingerprint density at radius 3 is 1.71 bits per heavy atom. The second kappa shape index (κ2) is 3.57. The zero-order valence-electron chi connectivity index (χ0n) is 9.27. The van der Waals surface area contributed by atoms with Crippen LogP contribution in [0.2, 0.25) is 0 Å². The number of halogens is 2. The normalized spacial score (nSPS) is 21.3. The summed E-state index contributed by atoms with van der Waals surface area (Å²) >= 11 is 13.0. The average molecular weight is 233 g/mol. The number of allylic oxidation sites excluding steroid dienone is 4. The molecule has 1 aliphatic rings. The van der Waals surface area contributed by atoms with Crippen molar-refractivity contribution in [2.75, 3.05) is 0 Å². The maximum Gasteiger partial charge on any atom is 0.0500 e. The predicted molar refractivity (Wildman–Crippen MR) is 65.2 cm³/mol. The molecule has 0 amide bonds. The first-order chi connectivity index (χ1) is 6.21. The van der Waals surface area contributed by atoms with Gasteiger partial charge in [0.05, 0.1) is 9.75 Å². The van der Waals surface area contributed by atoms with Crippen molar-refractivity contribution < 1.29 is 0 Å². The van der Waals surface area contributed by atoms with Crippen LogP contribution in [0.5, 0.6) is 0 Å². The van der Waals surface area contributed by atoms with Crippen LogP contribution in [0.4, 0.5) is 0 Å². The highest BCUT2D eigenvalue weighted by molar-refractivity contribution is 6.28. The summed E-state index contributed by atoms with van der Waals surface area (Å²) in [6.07, 6.45) is 9.26. The zero-order valence-corrected chi connectivity index (χ0v) is 10.8. The monoisotopic (exact) mass is 232 g/mol. The number of rotatable bonds is 2. The van der Waals surface area contributed by atoms with Crippen molar-refractivity contribution in [2.24, 2.45) is 5.41 Å². The fourth-order valence-electron chi connectivity index (χ4n) is 2.21. The van der Waals surface area contributed by atoms with Gasteiger partial charge in [0.1, 0.15) is 0 Å². The molecule has 0 atom stereocenters. The third-order valence-corrected chi connectivity index (χ3v) is 3.86. The predicted octanol–water partition coefficient (Wildman–Crippen LogP) is 4.52. The van der Waals surface area contributed by atoms with E-state index in [-0.39, 0.29) is 15.2 Å². The summed E-state index contributed by atoms with van der Waals surface area (Å²) in [7, 11) is 0. The van der Waals surface area contributed by atoms with Gasteiger partial charge in [-0.15, -0.1) is 23.2 Å². The molecule has 2 heteroatoms. The van der Waals surface area contributed by atoms with Gasteiger partial charge in [0, 0.05) is 5.41 Å². The standard InChI is InChI=1S/C12H18Cl2/c1-10(2,13)12(11(3,4)14)8-6-5-7-9-12/h5-8H,9H2,1-4H3. The molecule has 0 heterocycles. The number of alkyl halides is 2. The van der Waals surface area contributed by atoms with Crippen LogP contribution in [0.25, 0.3) is 0 Å². The Kier molecular flexibility index (Phi) is 3.10. The minimum Gasteiger partial charge on any atom is -0.119 e. The first-order valence-corrected chi connectivity index (χ1v) is 5.68. The van der Waals surface area contributed by atoms with Gasteiger partial charge >= 0.3 is 0 Å². The highest BCUT2D eigenvalue weighted by Gasteiger charge is 2.51. The molecule has 0 aromatic carbocycles. The Morgan fingerprint density at radius 2 is 1.50 bits per heavy atom. The summed E-state index contributed by atoms with van der Waals surface area (Å²) in [6.45, 7) is 8.12. The van der Waals surface area contributed by atoms with Crippen LogP contribution < -0.4 is 0 Å². The number of hydrogen-bond acceptors (Lipinski definition) is 0. The van der Waals surface area contributed by atoms with E-state index in [2.05, 4.69) is 12.2 Å². The maximum atomic E-state index is 6.48. The fourth-order valence-corrected chi connectivity index (χ4v) is 3.01. The van der Waals surface area contributed by atoms with E-state index in [0.717, 1.165) is 6.42 Å². The molecule has 0 bridgehead atoms. The molecule has 0 aliphatic heterocycles. The van der Waals surface area contributed by atoms with E-state index < -0.39 is 0 Å². The van der Waals surface area contributed by atoms with Gasteiger partial charge in [-0.2, -0.15) is 0 Å². The molecular formula is C12H18Cl2. The smallest absolute Gasteiger partial charge is 0.0500 e. The second-order valence-electron chi connectivity index (χ2n) is 4.91. The van der Waals surface area contributed by atoms with Crippen molar-refractivity contribution in [1.82, 2.24) is 0 Å². The fraction of sp³-hybridized carbons (Fsp3) is 0.667. The minimum absolute atomic E-state index is 0.183. The van der Waals surface area contributed by atoms with Crippen LogP contribution in [-0.4, -0.2) is 9.75 Å².